The van der Waals surface area contributed by atoms with Gasteiger partial charge in [-0.05, 0) is 40.7 Å². The third-order valence-electron chi connectivity index (χ3n) is 8.14. The maximum Gasteiger partial charge on any atom is 0.261 e. The van der Waals surface area contributed by atoms with E-state index >= 15 is 0 Å². The third kappa shape index (κ3) is 4.24. The molecule has 1 aromatic heterocycles. The number of rotatable bonds is 7. The molecule has 0 spiro atoms. The van der Waals surface area contributed by atoms with E-state index in [1.54, 1.807) is 26.0 Å². The lowest BCUT2D eigenvalue weighted by molar-refractivity contribution is -0.123. The van der Waals surface area contributed by atoms with Crippen LogP contribution in [0.15, 0.2) is 40.0 Å². The first-order valence-electron chi connectivity index (χ1n) is 13.4. The first-order chi connectivity index (χ1) is 20.3. The van der Waals surface area contributed by atoms with Gasteiger partial charge in [-0.2, -0.15) is 0 Å². The number of aromatic hydroxyl groups is 2. The summed E-state index contributed by atoms with van der Waals surface area (Å²) in [4.78, 5) is 57.4. The van der Waals surface area contributed by atoms with Crippen molar-refractivity contribution in [2.75, 3.05) is 20.8 Å². The highest BCUT2D eigenvalue weighted by Gasteiger charge is 2.56. The number of aromatic nitrogens is 2. The van der Waals surface area contributed by atoms with Crippen molar-refractivity contribution in [3.05, 3.63) is 68.1 Å². The second kappa shape index (κ2) is 10.3. The monoisotopic (exact) mass is 589 g/mol. The Kier molecular flexibility index (Phi) is 7.03. The number of nitrogens with one attached hydrogen (secondary N) is 1. The Balaban J connectivity index is 1.48. The van der Waals surface area contributed by atoms with Gasteiger partial charge in [-0.1, -0.05) is 0 Å². The summed E-state index contributed by atoms with van der Waals surface area (Å²) in [5.74, 6) is -1.55. The first-order valence-corrected chi connectivity index (χ1v) is 13.4. The molecular formula is C31H31N3O9. The smallest absolute Gasteiger partial charge is 0.261 e. The number of carbonyl (C=O) groups is 3. The minimum Gasteiger partial charge on any atom is -0.507 e. The summed E-state index contributed by atoms with van der Waals surface area (Å²) in [5, 5.41) is 24.9. The van der Waals surface area contributed by atoms with Crippen LogP contribution in [-0.2, 0) is 21.5 Å². The number of nitrogens with zero attached hydrogens (tertiary/aromatic N) is 2. The maximum absolute atomic E-state index is 14.0. The lowest BCUT2D eigenvalue weighted by atomic mass is 9.70. The van der Waals surface area contributed by atoms with Gasteiger partial charge in [0.15, 0.2) is 28.8 Å². The van der Waals surface area contributed by atoms with Crippen LogP contribution in [0.2, 0.25) is 0 Å². The topological polar surface area (TPSA) is 166 Å². The van der Waals surface area contributed by atoms with E-state index in [9.17, 15) is 29.4 Å². The second-order valence-corrected chi connectivity index (χ2v) is 10.7. The van der Waals surface area contributed by atoms with Crippen molar-refractivity contribution in [1.29, 1.82) is 0 Å². The molecule has 3 aromatic rings. The van der Waals surface area contributed by atoms with Crippen LogP contribution in [-0.4, -0.2) is 57.9 Å². The molecule has 1 atom stereocenters. The number of hydrogen-bond donors (Lipinski definition) is 3. The van der Waals surface area contributed by atoms with E-state index in [1.165, 1.54) is 39.6 Å². The van der Waals surface area contributed by atoms with Crippen LogP contribution in [0.25, 0.3) is 10.9 Å². The van der Waals surface area contributed by atoms with Gasteiger partial charge in [0.05, 0.1) is 36.3 Å². The predicted octanol–water partition coefficient (Wildman–Crippen LogP) is 2.89. The minimum atomic E-state index is -1.62. The zero-order valence-electron chi connectivity index (χ0n) is 24.8. The molecule has 2 aliphatic rings. The third-order valence-corrected chi connectivity index (χ3v) is 8.14. The van der Waals surface area contributed by atoms with Crippen LogP contribution in [0, 0.1) is 13.8 Å². The Morgan fingerprint density at radius 2 is 1.72 bits per heavy atom. The number of fused-ring (bicyclic) bond motifs is 4. The molecule has 1 aliphatic carbocycles. The summed E-state index contributed by atoms with van der Waals surface area (Å²) in [6, 6.07) is 3.20. The number of allylic oxidation sites excluding steroid dienone is 4. The van der Waals surface area contributed by atoms with Crippen LogP contribution in [0.3, 0.4) is 0 Å². The molecule has 0 bridgehead atoms. The van der Waals surface area contributed by atoms with Crippen molar-refractivity contribution in [3.8, 4) is 28.7 Å². The highest BCUT2D eigenvalue weighted by atomic mass is 16.5. The molecule has 3 N–H and O–H groups in total. The van der Waals surface area contributed by atoms with E-state index < -0.39 is 34.3 Å². The summed E-state index contributed by atoms with van der Waals surface area (Å²) in [6.07, 6.45) is 1.15. The Labute approximate surface area is 246 Å². The Bertz CT molecular complexity index is 1900. The van der Waals surface area contributed by atoms with Gasteiger partial charge in [-0.25, -0.2) is 4.98 Å². The molecular weight excluding hydrogens is 558 g/mol. The van der Waals surface area contributed by atoms with Crippen LogP contribution >= 0.6 is 0 Å². The Morgan fingerprint density at radius 3 is 2.35 bits per heavy atom. The summed E-state index contributed by atoms with van der Waals surface area (Å²) < 4.78 is 17.9. The fraction of sp³-hybridized carbons (Fsp3) is 0.323. The van der Waals surface area contributed by atoms with Gasteiger partial charge in [-0.15, -0.1) is 0 Å². The van der Waals surface area contributed by atoms with Crippen molar-refractivity contribution >= 4 is 28.3 Å². The van der Waals surface area contributed by atoms with E-state index in [0.29, 0.717) is 28.2 Å². The molecule has 1 aliphatic heterocycles. The number of Topliss-reactive ketones (excluding diaryl/α,β-unsaturated/α-hetero) is 2. The van der Waals surface area contributed by atoms with Gasteiger partial charge in [0.2, 0.25) is 0 Å². The average molecular weight is 590 g/mol. The minimum absolute atomic E-state index is 0.0125. The standard InChI is InChI=1S/C31H31N3O9/c1-13-26(37)24(15(3)35)28-25(27(13)38)31(5)22(43-28)12-19(36)23(29(31)39)14(2)32-8-9-34-16(4)33-18-11-21(42-7)20(41-6)10-17(18)30(34)40/h10-12,32,37-38H,8-9H2,1-7H3/b23-14+/t31-/m1/s1. The number of aryl methyl sites for hydroxylation is 1. The first kappa shape index (κ1) is 29.4. The molecule has 2 heterocycles. The molecule has 0 radical (unpaired) electrons. The van der Waals surface area contributed by atoms with E-state index in [1.807, 2.05) is 0 Å². The van der Waals surface area contributed by atoms with Crippen LogP contribution < -0.4 is 25.1 Å². The van der Waals surface area contributed by atoms with Crippen molar-refractivity contribution in [1.82, 2.24) is 14.9 Å². The van der Waals surface area contributed by atoms with Crippen LogP contribution in [0.1, 0.15) is 48.1 Å². The number of ketones is 3. The number of methoxy groups -OCH3 is 2. The number of carbonyl (C=O) groups excluding carboxylic acids is 3. The average Bonchev–Trinajstić information content (AvgIpc) is 3.25. The van der Waals surface area contributed by atoms with Gasteiger partial charge in [0.1, 0.15) is 39.8 Å². The number of phenols is 2. The molecule has 43 heavy (non-hydrogen) atoms. The lowest BCUT2D eigenvalue weighted by Gasteiger charge is -2.29. The Morgan fingerprint density at radius 1 is 1.07 bits per heavy atom. The van der Waals surface area contributed by atoms with Crippen molar-refractivity contribution in [2.45, 2.75) is 46.6 Å². The fourth-order valence-corrected chi connectivity index (χ4v) is 5.73. The van der Waals surface area contributed by atoms with Gasteiger partial charge in [0, 0.05) is 36.5 Å². The summed E-state index contributed by atoms with van der Waals surface area (Å²) in [7, 11) is 2.97. The van der Waals surface area contributed by atoms with E-state index in [2.05, 4.69) is 10.3 Å². The molecule has 0 saturated heterocycles. The van der Waals surface area contributed by atoms with Gasteiger partial charge in [-0.3, -0.25) is 23.7 Å². The lowest BCUT2D eigenvalue weighted by Crippen LogP contribution is -2.41. The summed E-state index contributed by atoms with van der Waals surface area (Å²) in [6.45, 7) is 7.75. The molecule has 12 nitrogen and oxygen atoms in total. The molecule has 0 unspecified atom stereocenters. The molecule has 5 rings (SSSR count). The molecule has 224 valence electrons. The summed E-state index contributed by atoms with van der Waals surface area (Å²) in [5.41, 5.74) is -1.51. The largest absolute Gasteiger partial charge is 0.507 e. The number of hydrogen-bond acceptors (Lipinski definition) is 11. The molecule has 2 aromatic carbocycles. The normalized spacial score (nSPS) is 18.5. The fourth-order valence-electron chi connectivity index (χ4n) is 5.73. The molecule has 0 saturated carbocycles. The molecule has 12 heteroatoms. The number of ether oxygens (including phenoxy) is 3. The SMILES string of the molecule is COc1cc2nc(C)n(CCN/C(C)=C3\C(=O)C=C4Oc5c(C(C)=O)c(O)c(C)c(O)c5[C@]4(C)C3=O)c(=O)c2cc1OC. The van der Waals surface area contributed by atoms with Crippen LogP contribution in [0.4, 0.5) is 0 Å². The van der Waals surface area contributed by atoms with E-state index in [0.717, 1.165) is 6.08 Å². The van der Waals surface area contributed by atoms with Crippen molar-refractivity contribution in [2.24, 2.45) is 0 Å². The summed E-state index contributed by atoms with van der Waals surface area (Å²) >= 11 is 0. The van der Waals surface area contributed by atoms with Crippen LogP contribution in [0.5, 0.6) is 28.7 Å². The zero-order chi connectivity index (χ0) is 31.5. The predicted molar refractivity (Wildman–Crippen MR) is 155 cm³/mol. The van der Waals surface area contributed by atoms with Crippen molar-refractivity contribution < 1.29 is 38.8 Å². The molecule has 0 amide bonds. The van der Waals surface area contributed by atoms with Gasteiger partial charge < -0.3 is 29.7 Å². The number of phenolic OH excluding ortho intramolecular Hbond substituents is 2. The quantitative estimate of drug-likeness (QED) is 0.211. The van der Waals surface area contributed by atoms with Crippen molar-refractivity contribution in [3.63, 3.8) is 0 Å². The highest BCUT2D eigenvalue weighted by Crippen LogP contribution is 2.57. The van der Waals surface area contributed by atoms with Gasteiger partial charge >= 0.3 is 0 Å². The van der Waals surface area contributed by atoms with E-state index in [4.69, 9.17) is 14.2 Å². The van der Waals surface area contributed by atoms with Gasteiger partial charge in [0.25, 0.3) is 5.56 Å². The highest BCUT2D eigenvalue weighted by molar-refractivity contribution is 6.31. The second-order valence-electron chi connectivity index (χ2n) is 10.7. The zero-order valence-corrected chi connectivity index (χ0v) is 24.8. The number of benzene rings is 2. The van der Waals surface area contributed by atoms with E-state index in [-0.39, 0.29) is 58.1 Å². The Hall–Kier alpha value is -5.13. The molecule has 0 fully saturated rings. The maximum atomic E-state index is 14.0.